The number of anilines is 2. The Labute approximate surface area is 190 Å². The number of nitrogens with one attached hydrogen (secondary N) is 2. The highest BCUT2D eigenvalue weighted by molar-refractivity contribution is 8.00. The Morgan fingerprint density at radius 3 is 2.16 bits per heavy atom. The van der Waals surface area contributed by atoms with Crippen LogP contribution < -0.4 is 19.5 Å². The van der Waals surface area contributed by atoms with Gasteiger partial charge in [-0.25, -0.2) is 12.8 Å². The first-order chi connectivity index (χ1) is 15.3. The highest BCUT2D eigenvalue weighted by atomic mass is 32.2. The molecule has 0 saturated heterocycles. The van der Waals surface area contributed by atoms with Gasteiger partial charge in [0.2, 0.25) is 5.91 Å². The molecule has 168 valence electrons. The highest BCUT2D eigenvalue weighted by Gasteiger charge is 2.15. The van der Waals surface area contributed by atoms with Crippen LogP contribution in [0.1, 0.15) is 0 Å². The molecular weight excluding hydrogens is 455 g/mol. The molecule has 0 spiro atoms. The summed E-state index contributed by atoms with van der Waals surface area (Å²) >= 11 is 1.33. The quantitative estimate of drug-likeness (QED) is 0.446. The summed E-state index contributed by atoms with van der Waals surface area (Å²) in [4.78, 5) is 13.1. The Bertz CT molecular complexity index is 1180. The van der Waals surface area contributed by atoms with Crippen LogP contribution in [0.5, 0.6) is 11.5 Å². The van der Waals surface area contributed by atoms with Crippen LogP contribution in [0.2, 0.25) is 0 Å². The van der Waals surface area contributed by atoms with Crippen molar-refractivity contribution in [1.29, 1.82) is 0 Å². The lowest BCUT2D eigenvalue weighted by Gasteiger charge is -2.10. The number of carbonyl (C=O) groups excluding carboxylic acids is 1. The molecule has 0 aliphatic carbocycles. The Morgan fingerprint density at radius 2 is 1.53 bits per heavy atom. The summed E-state index contributed by atoms with van der Waals surface area (Å²) in [6, 6.07) is 16.1. The zero-order valence-corrected chi connectivity index (χ0v) is 18.9. The lowest BCUT2D eigenvalue weighted by atomic mass is 10.3. The van der Waals surface area contributed by atoms with Gasteiger partial charge in [-0.1, -0.05) is 0 Å². The normalized spacial score (nSPS) is 11.0. The first kappa shape index (κ1) is 23.4. The molecule has 0 aromatic heterocycles. The summed E-state index contributed by atoms with van der Waals surface area (Å²) in [6.45, 7) is 0. The van der Waals surface area contributed by atoms with Crippen LogP contribution in [0.4, 0.5) is 15.8 Å². The fourth-order valence-corrected chi connectivity index (χ4v) is 4.48. The van der Waals surface area contributed by atoms with E-state index in [2.05, 4.69) is 10.0 Å². The van der Waals surface area contributed by atoms with E-state index in [0.717, 1.165) is 17.0 Å². The predicted molar refractivity (Wildman–Crippen MR) is 123 cm³/mol. The van der Waals surface area contributed by atoms with Crippen LogP contribution in [-0.4, -0.2) is 34.3 Å². The number of methoxy groups -OCH3 is 2. The number of amides is 1. The molecule has 0 saturated carbocycles. The molecular formula is C22H21FN2O5S2. The average molecular weight is 477 g/mol. The molecule has 0 heterocycles. The molecule has 0 atom stereocenters. The van der Waals surface area contributed by atoms with Gasteiger partial charge in [-0.3, -0.25) is 9.52 Å². The van der Waals surface area contributed by atoms with Crippen molar-refractivity contribution in [2.75, 3.05) is 30.0 Å². The summed E-state index contributed by atoms with van der Waals surface area (Å²) in [5.41, 5.74) is 0.708. The number of sulfonamides is 1. The molecule has 32 heavy (non-hydrogen) atoms. The Kier molecular flexibility index (Phi) is 7.60. The van der Waals surface area contributed by atoms with Crippen molar-refractivity contribution in [2.24, 2.45) is 0 Å². The molecule has 3 aromatic carbocycles. The third kappa shape index (κ3) is 6.14. The van der Waals surface area contributed by atoms with Gasteiger partial charge in [0.05, 0.1) is 24.9 Å². The minimum atomic E-state index is -3.84. The van der Waals surface area contributed by atoms with Crippen molar-refractivity contribution in [3.05, 3.63) is 72.5 Å². The molecule has 10 heteroatoms. The number of hydrogen-bond donors (Lipinski definition) is 2. The zero-order valence-electron chi connectivity index (χ0n) is 17.3. The van der Waals surface area contributed by atoms with E-state index in [1.54, 1.807) is 19.2 Å². The second-order valence-electron chi connectivity index (χ2n) is 6.49. The van der Waals surface area contributed by atoms with Crippen molar-refractivity contribution < 1.29 is 27.1 Å². The van der Waals surface area contributed by atoms with Crippen LogP contribution in [0.15, 0.2) is 76.5 Å². The van der Waals surface area contributed by atoms with E-state index >= 15 is 0 Å². The van der Waals surface area contributed by atoms with Crippen LogP contribution in [0.3, 0.4) is 0 Å². The first-order valence-corrected chi connectivity index (χ1v) is 11.8. The molecule has 0 aliphatic heterocycles. The molecule has 0 unspecified atom stereocenters. The van der Waals surface area contributed by atoms with Gasteiger partial charge < -0.3 is 14.8 Å². The summed E-state index contributed by atoms with van der Waals surface area (Å²) in [6.07, 6.45) is 0. The van der Waals surface area contributed by atoms with Crippen molar-refractivity contribution >= 4 is 39.1 Å². The van der Waals surface area contributed by atoms with E-state index in [1.807, 2.05) is 6.07 Å². The van der Waals surface area contributed by atoms with Gasteiger partial charge in [-0.05, 0) is 66.7 Å². The maximum atomic E-state index is 13.0. The number of carbonyl (C=O) groups is 1. The zero-order chi connectivity index (χ0) is 23.1. The van der Waals surface area contributed by atoms with Crippen molar-refractivity contribution in [1.82, 2.24) is 0 Å². The first-order valence-electron chi connectivity index (χ1n) is 9.34. The molecule has 7 nitrogen and oxygen atoms in total. The number of rotatable bonds is 9. The van der Waals surface area contributed by atoms with E-state index in [4.69, 9.17) is 9.47 Å². The van der Waals surface area contributed by atoms with Crippen LogP contribution in [0, 0.1) is 5.82 Å². The molecule has 3 rings (SSSR count). The summed E-state index contributed by atoms with van der Waals surface area (Å²) in [5.74, 6) is 0.623. The summed E-state index contributed by atoms with van der Waals surface area (Å²) < 4.78 is 50.7. The van der Waals surface area contributed by atoms with Gasteiger partial charge in [0, 0.05) is 16.3 Å². The average Bonchev–Trinajstić information content (AvgIpc) is 2.79. The molecule has 0 fully saturated rings. The number of benzene rings is 3. The Hall–Kier alpha value is -3.24. The fourth-order valence-electron chi connectivity index (χ4n) is 2.70. The maximum absolute atomic E-state index is 13.0. The van der Waals surface area contributed by atoms with Gasteiger partial charge in [-0.15, -0.1) is 11.8 Å². The number of ether oxygens (including phenoxy) is 2. The third-order valence-electron chi connectivity index (χ3n) is 4.27. The Morgan fingerprint density at radius 1 is 0.906 bits per heavy atom. The Balaban J connectivity index is 1.58. The minimum Gasteiger partial charge on any atom is -0.493 e. The van der Waals surface area contributed by atoms with E-state index in [-0.39, 0.29) is 22.2 Å². The van der Waals surface area contributed by atoms with E-state index < -0.39 is 15.8 Å². The number of thioether (sulfide) groups is 1. The third-order valence-corrected chi connectivity index (χ3v) is 6.66. The molecule has 2 N–H and O–H groups in total. The van der Waals surface area contributed by atoms with Crippen LogP contribution >= 0.6 is 11.8 Å². The lowest BCUT2D eigenvalue weighted by molar-refractivity contribution is -0.113. The van der Waals surface area contributed by atoms with Crippen LogP contribution in [0.25, 0.3) is 0 Å². The van der Waals surface area contributed by atoms with Gasteiger partial charge in [-0.2, -0.15) is 0 Å². The smallest absolute Gasteiger partial charge is 0.261 e. The molecule has 0 radical (unpaired) electrons. The maximum Gasteiger partial charge on any atom is 0.261 e. The second kappa shape index (κ2) is 10.4. The van der Waals surface area contributed by atoms with Gasteiger partial charge in [0.1, 0.15) is 5.82 Å². The SMILES string of the molecule is COc1ccc(SCC(=O)Nc2ccc(S(=O)(=O)Nc3ccc(F)cc3)cc2)cc1OC. The van der Waals surface area contributed by atoms with E-state index in [0.29, 0.717) is 17.2 Å². The van der Waals surface area contributed by atoms with E-state index in [1.165, 1.54) is 55.3 Å². The standard InChI is InChI=1S/C22H21FN2O5S2/c1-29-20-12-9-18(13-21(20)30-2)31-14-22(26)24-16-7-10-19(11-8-16)32(27,28)25-17-5-3-15(23)4-6-17/h3-13,25H,14H2,1-2H3,(H,24,26). The minimum absolute atomic E-state index is 0.0135. The van der Waals surface area contributed by atoms with Gasteiger partial charge in [0.25, 0.3) is 10.0 Å². The fraction of sp³-hybridized carbons (Fsp3) is 0.136. The monoisotopic (exact) mass is 476 g/mol. The predicted octanol–water partition coefficient (Wildman–Crippen LogP) is 4.37. The van der Waals surface area contributed by atoms with Gasteiger partial charge >= 0.3 is 0 Å². The van der Waals surface area contributed by atoms with Crippen molar-refractivity contribution in [3.8, 4) is 11.5 Å². The van der Waals surface area contributed by atoms with Gasteiger partial charge in [0.15, 0.2) is 11.5 Å². The van der Waals surface area contributed by atoms with Crippen molar-refractivity contribution in [3.63, 3.8) is 0 Å². The highest BCUT2D eigenvalue weighted by Crippen LogP contribution is 2.31. The molecule has 0 aliphatic rings. The molecule has 1 amide bonds. The number of halogens is 1. The topological polar surface area (TPSA) is 93.7 Å². The van der Waals surface area contributed by atoms with Crippen LogP contribution in [-0.2, 0) is 14.8 Å². The molecule has 3 aromatic rings. The second-order valence-corrected chi connectivity index (χ2v) is 9.22. The molecule has 0 bridgehead atoms. The number of hydrogen-bond acceptors (Lipinski definition) is 6. The van der Waals surface area contributed by atoms with E-state index in [9.17, 15) is 17.6 Å². The lowest BCUT2D eigenvalue weighted by Crippen LogP contribution is -2.15. The summed E-state index contributed by atoms with van der Waals surface area (Å²) in [7, 11) is -0.753. The largest absolute Gasteiger partial charge is 0.493 e. The summed E-state index contributed by atoms with van der Waals surface area (Å²) in [5, 5.41) is 2.73. The van der Waals surface area contributed by atoms with Crippen molar-refractivity contribution in [2.45, 2.75) is 9.79 Å².